The summed E-state index contributed by atoms with van der Waals surface area (Å²) in [6.45, 7) is 1.94. The number of aryl methyl sites for hydroxylation is 1. The van der Waals surface area contributed by atoms with Gasteiger partial charge in [0.15, 0.2) is 11.6 Å². The van der Waals surface area contributed by atoms with Crippen molar-refractivity contribution < 1.29 is 9.18 Å². The van der Waals surface area contributed by atoms with Gasteiger partial charge in [-0.3, -0.25) is 4.79 Å². The normalized spacial score (nSPS) is 22.3. The Balaban J connectivity index is 1.35. The maximum atomic E-state index is 13.2. The van der Waals surface area contributed by atoms with Gasteiger partial charge in [0.2, 0.25) is 5.91 Å². The van der Waals surface area contributed by atoms with Gasteiger partial charge in [0.25, 0.3) is 0 Å². The Morgan fingerprint density at radius 1 is 1.13 bits per heavy atom. The third kappa shape index (κ3) is 3.30. The van der Waals surface area contributed by atoms with Gasteiger partial charge in [-0.05, 0) is 56.0 Å². The molecule has 0 aliphatic carbocycles. The Labute approximate surface area is 174 Å². The van der Waals surface area contributed by atoms with Crippen molar-refractivity contribution in [2.45, 2.75) is 38.3 Å². The molecule has 6 nitrogen and oxygen atoms in total. The van der Waals surface area contributed by atoms with Crippen LogP contribution in [0.15, 0.2) is 55.0 Å². The first-order chi connectivity index (χ1) is 14.6. The molecule has 2 saturated heterocycles. The zero-order valence-electron chi connectivity index (χ0n) is 16.6. The Hall–Kier alpha value is -3.35. The summed E-state index contributed by atoms with van der Waals surface area (Å²) in [6.07, 6.45) is 7.03. The largest absolute Gasteiger partial charge is 0.350 e. The summed E-state index contributed by atoms with van der Waals surface area (Å²) < 4.78 is 13.2. The number of rotatable bonds is 4. The van der Waals surface area contributed by atoms with E-state index in [-0.39, 0.29) is 17.9 Å². The molecule has 7 heteroatoms. The number of halogens is 1. The van der Waals surface area contributed by atoms with E-state index >= 15 is 0 Å². The van der Waals surface area contributed by atoms with Crippen LogP contribution in [0.25, 0.3) is 11.4 Å². The zero-order valence-corrected chi connectivity index (χ0v) is 16.6. The molecule has 0 radical (unpaired) electrons. The molecule has 3 atom stereocenters. The van der Waals surface area contributed by atoms with Crippen molar-refractivity contribution >= 4 is 17.4 Å². The molecule has 2 bridgehead atoms. The molecule has 2 aliphatic rings. The molecule has 0 spiro atoms. The summed E-state index contributed by atoms with van der Waals surface area (Å²) in [7, 11) is 0. The van der Waals surface area contributed by atoms with Crippen molar-refractivity contribution in [3.8, 4) is 11.4 Å². The number of nitrogens with zero attached hydrogens (tertiary/aromatic N) is 4. The first kappa shape index (κ1) is 18.7. The lowest BCUT2D eigenvalue weighted by Crippen LogP contribution is -2.35. The topological polar surface area (TPSA) is 71.0 Å². The van der Waals surface area contributed by atoms with E-state index in [9.17, 15) is 9.18 Å². The highest BCUT2D eigenvalue weighted by atomic mass is 19.1. The van der Waals surface area contributed by atoms with Crippen LogP contribution < -0.4 is 10.2 Å². The smallest absolute Gasteiger partial charge is 0.229 e. The third-order valence-electron chi connectivity index (χ3n) is 6.15. The molecule has 5 rings (SSSR count). The fourth-order valence-electron chi connectivity index (χ4n) is 4.76. The highest BCUT2D eigenvalue weighted by molar-refractivity contribution is 5.94. The monoisotopic (exact) mass is 403 g/mol. The summed E-state index contributed by atoms with van der Waals surface area (Å²) >= 11 is 0. The van der Waals surface area contributed by atoms with Crippen LogP contribution in [-0.2, 0) is 4.79 Å². The first-order valence-electron chi connectivity index (χ1n) is 10.2. The Morgan fingerprint density at radius 2 is 1.97 bits per heavy atom. The fourth-order valence-corrected chi connectivity index (χ4v) is 4.76. The van der Waals surface area contributed by atoms with Crippen LogP contribution >= 0.6 is 0 Å². The number of benzene rings is 1. The van der Waals surface area contributed by atoms with Gasteiger partial charge < -0.3 is 10.2 Å². The molecule has 4 heterocycles. The molecular formula is C23H22FN5O. The minimum absolute atomic E-state index is 0.0259. The van der Waals surface area contributed by atoms with E-state index in [1.807, 2.05) is 43.3 Å². The summed E-state index contributed by atoms with van der Waals surface area (Å²) in [5.74, 6) is 0.864. The van der Waals surface area contributed by atoms with Crippen LogP contribution in [0.2, 0.25) is 0 Å². The molecule has 3 aromatic rings. The van der Waals surface area contributed by atoms with E-state index in [1.54, 1.807) is 6.20 Å². The molecule has 2 fully saturated rings. The van der Waals surface area contributed by atoms with E-state index in [0.29, 0.717) is 17.6 Å². The lowest BCUT2D eigenvalue weighted by molar-refractivity contribution is -0.120. The van der Waals surface area contributed by atoms with Crippen molar-refractivity contribution in [2.75, 3.05) is 10.2 Å². The number of fused-ring (bicyclic) bond motifs is 2. The number of anilines is 2. The van der Waals surface area contributed by atoms with Gasteiger partial charge in [0, 0.05) is 29.5 Å². The molecule has 2 aromatic heterocycles. The highest BCUT2D eigenvalue weighted by Gasteiger charge is 2.49. The molecule has 1 N–H and O–H groups in total. The Kier molecular flexibility index (Phi) is 4.65. The average molecular weight is 403 g/mol. The number of nitrogens with one attached hydrogen (secondary N) is 1. The molecule has 0 unspecified atom stereocenters. The minimum Gasteiger partial charge on any atom is -0.350 e. The Morgan fingerprint density at radius 3 is 2.73 bits per heavy atom. The van der Waals surface area contributed by atoms with Gasteiger partial charge >= 0.3 is 0 Å². The average Bonchev–Trinajstić information content (AvgIpc) is 3.35. The molecule has 30 heavy (non-hydrogen) atoms. The highest BCUT2D eigenvalue weighted by Crippen LogP contribution is 2.44. The van der Waals surface area contributed by atoms with Crippen LogP contribution in [0, 0.1) is 18.7 Å². The van der Waals surface area contributed by atoms with Crippen LogP contribution in [0.1, 0.15) is 24.8 Å². The molecule has 152 valence electrons. The number of aromatic nitrogens is 3. The summed E-state index contributed by atoms with van der Waals surface area (Å²) in [5, 5.41) is 3.07. The van der Waals surface area contributed by atoms with E-state index in [4.69, 9.17) is 0 Å². The predicted octanol–water partition coefficient (Wildman–Crippen LogP) is 3.98. The third-order valence-corrected chi connectivity index (χ3v) is 6.15. The maximum Gasteiger partial charge on any atom is 0.229 e. The van der Waals surface area contributed by atoms with Gasteiger partial charge in [-0.1, -0.05) is 12.1 Å². The summed E-state index contributed by atoms with van der Waals surface area (Å²) in [5.41, 5.74) is 2.43. The number of hydrogen-bond acceptors (Lipinski definition) is 5. The van der Waals surface area contributed by atoms with Gasteiger partial charge in [-0.15, -0.1) is 0 Å². The number of amides is 1. The maximum absolute atomic E-state index is 13.2. The lowest BCUT2D eigenvalue weighted by atomic mass is 9.88. The van der Waals surface area contributed by atoms with Crippen molar-refractivity contribution in [1.29, 1.82) is 0 Å². The molecule has 1 amide bonds. The van der Waals surface area contributed by atoms with Crippen molar-refractivity contribution in [3.63, 3.8) is 0 Å². The predicted molar refractivity (Wildman–Crippen MR) is 112 cm³/mol. The molecule has 2 aliphatic heterocycles. The van der Waals surface area contributed by atoms with Crippen LogP contribution in [0.4, 0.5) is 15.9 Å². The fraction of sp³-hybridized carbons (Fsp3) is 0.304. The number of carbonyl (C=O) groups excluding carboxylic acids is 1. The quantitative estimate of drug-likeness (QED) is 0.713. The van der Waals surface area contributed by atoms with Gasteiger partial charge in [0.1, 0.15) is 5.82 Å². The van der Waals surface area contributed by atoms with E-state index in [2.05, 4.69) is 25.2 Å². The van der Waals surface area contributed by atoms with Crippen molar-refractivity contribution in [2.24, 2.45) is 5.92 Å². The van der Waals surface area contributed by atoms with E-state index < -0.39 is 5.82 Å². The van der Waals surface area contributed by atoms with Gasteiger partial charge in [-0.25, -0.2) is 19.3 Å². The number of pyridine rings is 1. The second-order valence-electron chi connectivity index (χ2n) is 7.98. The zero-order chi connectivity index (χ0) is 20.7. The number of carbonyl (C=O) groups is 1. The second kappa shape index (κ2) is 7.48. The minimum atomic E-state index is -0.477. The van der Waals surface area contributed by atoms with Crippen LogP contribution in [0.5, 0.6) is 0 Å². The van der Waals surface area contributed by atoms with Gasteiger partial charge in [-0.2, -0.15) is 0 Å². The van der Waals surface area contributed by atoms with E-state index in [0.717, 1.165) is 48.6 Å². The second-order valence-corrected chi connectivity index (χ2v) is 7.98. The number of hydrogen-bond donors (Lipinski definition) is 1. The molecular weight excluding hydrogens is 381 g/mol. The first-order valence-corrected chi connectivity index (χ1v) is 10.2. The molecule has 1 aromatic carbocycles. The van der Waals surface area contributed by atoms with Crippen molar-refractivity contribution in [1.82, 2.24) is 15.0 Å². The Bertz CT molecular complexity index is 1070. The van der Waals surface area contributed by atoms with Crippen LogP contribution in [-0.4, -0.2) is 32.9 Å². The summed E-state index contributed by atoms with van der Waals surface area (Å²) in [6, 6.07) is 12.1. The van der Waals surface area contributed by atoms with E-state index in [1.165, 1.54) is 0 Å². The SMILES string of the molecule is Cc1ccc(NC(=O)[C@H]2C[C@H]3CC[C@@H]2N3c2ccccn2)cc1-c1ncc(F)cn1. The van der Waals surface area contributed by atoms with Crippen LogP contribution in [0.3, 0.4) is 0 Å². The standard InChI is InChI=1S/C23H22FN5O/c1-14-5-6-16(10-18(14)22-26-12-15(24)13-27-22)28-23(30)19-11-17-7-8-20(19)29(17)21-4-2-3-9-25-21/h2-6,9-10,12-13,17,19-20H,7-8,11H2,1H3,(H,28,30)/t17-,19+,20+/m1/s1. The lowest BCUT2D eigenvalue weighted by Gasteiger charge is -2.25. The molecule has 0 saturated carbocycles. The van der Waals surface area contributed by atoms with Crippen molar-refractivity contribution in [3.05, 3.63) is 66.4 Å². The summed E-state index contributed by atoms with van der Waals surface area (Å²) in [4.78, 5) is 28.1. The van der Waals surface area contributed by atoms with Gasteiger partial charge in [0.05, 0.1) is 18.3 Å².